The van der Waals surface area contributed by atoms with Crippen LogP contribution in [0.2, 0.25) is 0 Å². The molecule has 1 amide bonds. The molecule has 0 radical (unpaired) electrons. The van der Waals surface area contributed by atoms with E-state index in [0.29, 0.717) is 30.4 Å². The number of carbonyl (C=O) groups excluding carboxylic acids is 2. The lowest BCUT2D eigenvalue weighted by Gasteiger charge is -2.12. The molecule has 2 rings (SSSR count). The molecule has 2 aromatic rings. The summed E-state index contributed by atoms with van der Waals surface area (Å²) in [5.41, 5.74) is 0.547. The average molecular weight is 409 g/mol. The lowest BCUT2D eigenvalue weighted by atomic mass is 10.2. The number of carbonyl (C=O) groups is 2. The van der Waals surface area contributed by atoms with E-state index in [0.717, 1.165) is 0 Å². The zero-order valence-corrected chi connectivity index (χ0v) is 15.9. The SMILES string of the molecule is CCOc1ccc(C(=O)OCC(=O)Nc2ccc(OC(F)F)cc2)cc1OCC. The molecule has 9 heteroatoms. The molecule has 0 spiro atoms. The van der Waals surface area contributed by atoms with Crippen LogP contribution in [0.3, 0.4) is 0 Å². The third-order valence-corrected chi connectivity index (χ3v) is 3.48. The van der Waals surface area contributed by atoms with E-state index in [9.17, 15) is 18.4 Å². The van der Waals surface area contributed by atoms with Crippen LogP contribution in [0.4, 0.5) is 14.5 Å². The molecule has 0 aliphatic rings. The summed E-state index contributed by atoms with van der Waals surface area (Å²) in [5, 5.41) is 2.48. The Hall–Kier alpha value is -3.36. The second kappa shape index (κ2) is 10.8. The number of halogens is 2. The number of alkyl halides is 2. The van der Waals surface area contributed by atoms with Crippen LogP contribution in [-0.2, 0) is 9.53 Å². The fourth-order valence-corrected chi connectivity index (χ4v) is 2.31. The molecule has 0 heterocycles. The van der Waals surface area contributed by atoms with Crippen LogP contribution in [-0.4, -0.2) is 38.3 Å². The maximum atomic E-state index is 12.2. The number of rotatable bonds is 10. The average Bonchev–Trinajstić information content (AvgIpc) is 2.69. The zero-order valence-electron chi connectivity index (χ0n) is 15.9. The molecular formula is C20H21F2NO6. The largest absolute Gasteiger partial charge is 0.490 e. The summed E-state index contributed by atoms with van der Waals surface area (Å²) >= 11 is 0. The molecule has 0 unspecified atom stereocenters. The van der Waals surface area contributed by atoms with Gasteiger partial charge in [-0.15, -0.1) is 0 Å². The minimum atomic E-state index is -2.93. The van der Waals surface area contributed by atoms with E-state index in [4.69, 9.17) is 14.2 Å². The number of ether oxygens (including phenoxy) is 4. The summed E-state index contributed by atoms with van der Waals surface area (Å²) in [4.78, 5) is 24.1. The second-order valence-corrected chi connectivity index (χ2v) is 5.55. The van der Waals surface area contributed by atoms with Gasteiger partial charge in [-0.25, -0.2) is 4.79 Å². The van der Waals surface area contributed by atoms with Gasteiger partial charge in [-0.1, -0.05) is 0 Å². The Morgan fingerprint density at radius 2 is 1.62 bits per heavy atom. The predicted octanol–water partition coefficient (Wildman–Crippen LogP) is 3.88. The van der Waals surface area contributed by atoms with Crippen molar-refractivity contribution in [2.45, 2.75) is 20.5 Å². The molecule has 0 atom stereocenters. The van der Waals surface area contributed by atoms with Crippen LogP contribution in [0.1, 0.15) is 24.2 Å². The third-order valence-electron chi connectivity index (χ3n) is 3.48. The first-order valence-electron chi connectivity index (χ1n) is 8.84. The van der Waals surface area contributed by atoms with Crippen molar-refractivity contribution in [2.24, 2.45) is 0 Å². The van der Waals surface area contributed by atoms with Gasteiger partial charge in [0.15, 0.2) is 18.1 Å². The quantitative estimate of drug-likeness (QED) is 0.600. The highest BCUT2D eigenvalue weighted by atomic mass is 19.3. The molecule has 29 heavy (non-hydrogen) atoms. The summed E-state index contributed by atoms with van der Waals surface area (Å²) in [5.74, 6) is -0.422. The molecule has 0 saturated carbocycles. The van der Waals surface area contributed by atoms with E-state index in [1.165, 1.54) is 36.4 Å². The Labute approximate surface area is 166 Å². The summed E-state index contributed by atoms with van der Waals surface area (Å²) in [6, 6.07) is 9.92. The topological polar surface area (TPSA) is 83.1 Å². The van der Waals surface area contributed by atoms with Gasteiger partial charge in [-0.05, 0) is 56.3 Å². The highest BCUT2D eigenvalue weighted by Crippen LogP contribution is 2.28. The first-order chi connectivity index (χ1) is 13.9. The van der Waals surface area contributed by atoms with Crippen LogP contribution in [0.5, 0.6) is 17.2 Å². The van der Waals surface area contributed by atoms with Crippen LogP contribution >= 0.6 is 0 Å². The van der Waals surface area contributed by atoms with Crippen LogP contribution in [0, 0.1) is 0 Å². The summed E-state index contributed by atoms with van der Waals surface area (Å²) in [7, 11) is 0. The molecular weight excluding hydrogens is 388 g/mol. The highest BCUT2D eigenvalue weighted by molar-refractivity contribution is 5.95. The number of anilines is 1. The number of nitrogens with one attached hydrogen (secondary N) is 1. The van der Waals surface area contributed by atoms with Gasteiger partial charge in [-0.3, -0.25) is 4.79 Å². The van der Waals surface area contributed by atoms with E-state index in [-0.39, 0.29) is 11.3 Å². The maximum Gasteiger partial charge on any atom is 0.387 e. The molecule has 0 fully saturated rings. The van der Waals surface area contributed by atoms with E-state index in [2.05, 4.69) is 10.1 Å². The van der Waals surface area contributed by atoms with Crippen molar-refractivity contribution in [3.05, 3.63) is 48.0 Å². The van der Waals surface area contributed by atoms with Gasteiger partial charge in [-0.2, -0.15) is 8.78 Å². The van der Waals surface area contributed by atoms with Crippen LogP contribution in [0.25, 0.3) is 0 Å². The Balaban J connectivity index is 1.91. The summed E-state index contributed by atoms with van der Waals surface area (Å²) in [6.45, 7) is 1.01. The molecule has 0 aliphatic heterocycles. The van der Waals surface area contributed by atoms with Crippen molar-refractivity contribution in [1.82, 2.24) is 0 Å². The molecule has 2 aromatic carbocycles. The lowest BCUT2D eigenvalue weighted by molar-refractivity contribution is -0.119. The number of amides is 1. The van der Waals surface area contributed by atoms with Crippen LogP contribution in [0.15, 0.2) is 42.5 Å². The molecule has 0 aliphatic carbocycles. The number of esters is 1. The number of benzene rings is 2. The van der Waals surface area contributed by atoms with Crippen molar-refractivity contribution in [1.29, 1.82) is 0 Å². The first kappa shape index (κ1) is 21.9. The van der Waals surface area contributed by atoms with Crippen LogP contribution < -0.4 is 19.5 Å². The summed E-state index contributed by atoms with van der Waals surface area (Å²) in [6.07, 6.45) is 0. The van der Waals surface area contributed by atoms with Gasteiger partial charge < -0.3 is 24.3 Å². The zero-order chi connectivity index (χ0) is 21.2. The standard InChI is InChI=1S/C20H21F2NO6/c1-3-26-16-10-5-13(11-17(16)27-4-2)19(25)28-12-18(24)23-14-6-8-15(9-7-14)29-20(21)22/h5-11,20H,3-4,12H2,1-2H3,(H,23,24). The molecule has 1 N–H and O–H groups in total. The molecule has 156 valence electrons. The smallest absolute Gasteiger partial charge is 0.387 e. The van der Waals surface area contributed by atoms with Crippen molar-refractivity contribution in [3.8, 4) is 17.2 Å². The van der Waals surface area contributed by atoms with Crippen molar-refractivity contribution in [2.75, 3.05) is 25.1 Å². The van der Waals surface area contributed by atoms with Crippen molar-refractivity contribution < 1.29 is 37.3 Å². The highest BCUT2D eigenvalue weighted by Gasteiger charge is 2.14. The van der Waals surface area contributed by atoms with Gasteiger partial charge in [0.1, 0.15) is 5.75 Å². The van der Waals surface area contributed by atoms with Gasteiger partial charge >= 0.3 is 12.6 Å². The normalized spacial score (nSPS) is 10.4. The lowest BCUT2D eigenvalue weighted by Crippen LogP contribution is -2.21. The van der Waals surface area contributed by atoms with Gasteiger partial charge in [0.05, 0.1) is 18.8 Å². The monoisotopic (exact) mass is 409 g/mol. The van der Waals surface area contributed by atoms with Crippen molar-refractivity contribution >= 4 is 17.6 Å². The van der Waals surface area contributed by atoms with E-state index >= 15 is 0 Å². The predicted molar refractivity (Wildman–Crippen MR) is 101 cm³/mol. The Kier molecular flexibility index (Phi) is 8.20. The fraction of sp³-hybridized carbons (Fsp3) is 0.300. The Morgan fingerprint density at radius 1 is 0.966 bits per heavy atom. The first-order valence-corrected chi connectivity index (χ1v) is 8.84. The molecule has 0 bridgehead atoms. The number of hydrogen-bond acceptors (Lipinski definition) is 6. The minimum absolute atomic E-state index is 0.0370. The van der Waals surface area contributed by atoms with E-state index < -0.39 is 25.1 Å². The summed E-state index contributed by atoms with van der Waals surface area (Å²) < 4.78 is 44.3. The molecule has 0 saturated heterocycles. The third kappa shape index (κ3) is 6.95. The Bertz CT molecular complexity index is 826. The molecule has 0 aromatic heterocycles. The van der Waals surface area contributed by atoms with Crippen molar-refractivity contribution in [3.63, 3.8) is 0 Å². The number of hydrogen-bond donors (Lipinski definition) is 1. The minimum Gasteiger partial charge on any atom is -0.490 e. The molecule has 7 nitrogen and oxygen atoms in total. The van der Waals surface area contributed by atoms with E-state index in [1.54, 1.807) is 13.0 Å². The maximum absolute atomic E-state index is 12.2. The van der Waals surface area contributed by atoms with E-state index in [1.807, 2.05) is 6.92 Å². The van der Waals surface area contributed by atoms with Gasteiger partial charge in [0.2, 0.25) is 0 Å². The fourth-order valence-electron chi connectivity index (χ4n) is 2.31. The van der Waals surface area contributed by atoms with Gasteiger partial charge in [0.25, 0.3) is 5.91 Å². The Morgan fingerprint density at radius 3 is 2.24 bits per heavy atom. The second-order valence-electron chi connectivity index (χ2n) is 5.55. The van der Waals surface area contributed by atoms with Gasteiger partial charge in [0, 0.05) is 5.69 Å².